The van der Waals surface area contributed by atoms with Crippen molar-refractivity contribution < 1.29 is 0 Å². The Morgan fingerprint density at radius 3 is 2.67 bits per heavy atom. The molecule has 0 atom stereocenters. The van der Waals surface area contributed by atoms with Crippen molar-refractivity contribution in [2.24, 2.45) is 5.73 Å². The second kappa shape index (κ2) is 4.58. The van der Waals surface area contributed by atoms with Crippen LogP contribution in [0.15, 0.2) is 42.9 Å². The third-order valence-electron chi connectivity index (χ3n) is 3.01. The lowest BCUT2D eigenvalue weighted by Gasteiger charge is -2.04. The predicted octanol–water partition coefficient (Wildman–Crippen LogP) is 2.13. The molecule has 4 heteroatoms. The van der Waals surface area contributed by atoms with Gasteiger partial charge in [-0.2, -0.15) is 0 Å². The van der Waals surface area contributed by atoms with Gasteiger partial charge in [0, 0.05) is 17.1 Å². The summed E-state index contributed by atoms with van der Waals surface area (Å²) in [7, 11) is 0. The maximum Gasteiger partial charge on any atom is 0.141 e. The molecule has 3 N–H and O–H groups in total. The average molecular weight is 238 g/mol. The second-order valence-electron chi connectivity index (χ2n) is 4.20. The van der Waals surface area contributed by atoms with Crippen molar-refractivity contribution in [1.29, 1.82) is 0 Å². The van der Waals surface area contributed by atoms with Gasteiger partial charge in [-0.25, -0.2) is 9.97 Å². The van der Waals surface area contributed by atoms with Crippen LogP contribution in [-0.2, 0) is 6.42 Å². The van der Waals surface area contributed by atoms with Gasteiger partial charge < -0.3 is 10.7 Å². The molecular weight excluding hydrogens is 224 g/mol. The van der Waals surface area contributed by atoms with Gasteiger partial charge in [-0.1, -0.05) is 24.3 Å². The average Bonchev–Trinajstić information content (AvgIpc) is 2.88. The maximum absolute atomic E-state index is 5.55. The Morgan fingerprint density at radius 1 is 1.06 bits per heavy atom. The van der Waals surface area contributed by atoms with Gasteiger partial charge >= 0.3 is 0 Å². The zero-order valence-electron chi connectivity index (χ0n) is 9.93. The van der Waals surface area contributed by atoms with E-state index >= 15 is 0 Å². The molecule has 0 aliphatic rings. The van der Waals surface area contributed by atoms with Gasteiger partial charge in [0.25, 0.3) is 0 Å². The molecule has 4 nitrogen and oxygen atoms in total. The van der Waals surface area contributed by atoms with E-state index < -0.39 is 0 Å². The second-order valence-corrected chi connectivity index (χ2v) is 4.20. The van der Waals surface area contributed by atoms with Crippen LogP contribution in [0.1, 0.15) is 5.56 Å². The molecule has 0 amide bonds. The lowest BCUT2D eigenvalue weighted by atomic mass is 10.1. The first-order valence-electron chi connectivity index (χ1n) is 5.96. The molecule has 0 bridgehead atoms. The number of nitrogens with two attached hydrogens (primary N) is 1. The van der Waals surface area contributed by atoms with E-state index in [9.17, 15) is 0 Å². The number of fused-ring (bicyclic) bond motifs is 1. The van der Waals surface area contributed by atoms with E-state index in [-0.39, 0.29) is 0 Å². The van der Waals surface area contributed by atoms with Gasteiger partial charge in [0.05, 0.1) is 5.69 Å². The molecule has 3 rings (SSSR count). The number of nitrogens with one attached hydrogen (secondary N) is 1. The molecule has 0 aliphatic heterocycles. The van der Waals surface area contributed by atoms with Crippen LogP contribution in [0.5, 0.6) is 0 Å². The molecule has 0 unspecified atom stereocenters. The van der Waals surface area contributed by atoms with Gasteiger partial charge in [-0.3, -0.25) is 0 Å². The number of hydrogen-bond donors (Lipinski definition) is 2. The molecule has 1 aromatic carbocycles. The highest BCUT2D eigenvalue weighted by Crippen LogP contribution is 2.24. The molecule has 2 heterocycles. The number of nitrogens with zero attached hydrogens (tertiary/aromatic N) is 2. The van der Waals surface area contributed by atoms with Crippen molar-refractivity contribution in [3.8, 4) is 11.3 Å². The molecule has 18 heavy (non-hydrogen) atoms. The van der Waals surface area contributed by atoms with Crippen LogP contribution in [0.2, 0.25) is 0 Å². The molecule has 0 aliphatic carbocycles. The van der Waals surface area contributed by atoms with Crippen molar-refractivity contribution in [3.05, 3.63) is 48.4 Å². The summed E-state index contributed by atoms with van der Waals surface area (Å²) in [6, 6.07) is 10.4. The summed E-state index contributed by atoms with van der Waals surface area (Å²) >= 11 is 0. The Bertz CT molecular complexity index is 655. The summed E-state index contributed by atoms with van der Waals surface area (Å²) in [6.07, 6.45) is 4.37. The molecule has 0 saturated heterocycles. The van der Waals surface area contributed by atoms with Crippen LogP contribution in [0.25, 0.3) is 22.3 Å². The number of hydrogen-bond acceptors (Lipinski definition) is 3. The molecule has 0 spiro atoms. The van der Waals surface area contributed by atoms with Crippen LogP contribution >= 0.6 is 0 Å². The Hall–Kier alpha value is -2.20. The van der Waals surface area contributed by atoms with Crippen molar-refractivity contribution in [2.75, 3.05) is 6.54 Å². The van der Waals surface area contributed by atoms with Crippen LogP contribution in [0.3, 0.4) is 0 Å². The Labute approximate surface area is 105 Å². The lowest BCUT2D eigenvalue weighted by molar-refractivity contribution is 0.969. The molecule has 2 aromatic heterocycles. The molecule has 0 fully saturated rings. The minimum Gasteiger partial charge on any atom is -0.346 e. The minimum absolute atomic E-state index is 0.676. The molecular formula is C14H14N4. The van der Waals surface area contributed by atoms with Gasteiger partial charge in [0.1, 0.15) is 12.0 Å². The zero-order chi connectivity index (χ0) is 12.4. The van der Waals surface area contributed by atoms with E-state index in [1.54, 1.807) is 6.33 Å². The zero-order valence-corrected chi connectivity index (χ0v) is 9.93. The van der Waals surface area contributed by atoms with Crippen molar-refractivity contribution >= 4 is 11.0 Å². The van der Waals surface area contributed by atoms with Crippen LogP contribution in [0, 0.1) is 0 Å². The van der Waals surface area contributed by atoms with E-state index in [2.05, 4.69) is 39.2 Å². The summed E-state index contributed by atoms with van der Waals surface area (Å²) in [5.41, 5.74) is 9.72. The standard InChI is InChI=1S/C14H14N4/c15-7-5-10-1-3-11(4-2-10)13-12-6-8-16-14(12)18-9-17-13/h1-4,6,8-9H,5,7,15H2,(H,16,17,18). The SMILES string of the molecule is NCCc1ccc(-c2ncnc3[nH]ccc23)cc1. The number of benzene rings is 1. The fraction of sp³-hybridized carbons (Fsp3) is 0.143. The highest BCUT2D eigenvalue weighted by molar-refractivity contribution is 5.90. The lowest BCUT2D eigenvalue weighted by Crippen LogP contribution is -2.02. The van der Waals surface area contributed by atoms with Crippen LogP contribution < -0.4 is 5.73 Å². The summed E-state index contributed by atoms with van der Waals surface area (Å²) in [5.74, 6) is 0. The normalized spacial score (nSPS) is 10.9. The van der Waals surface area contributed by atoms with Crippen LogP contribution in [-0.4, -0.2) is 21.5 Å². The molecule has 3 aromatic rings. The molecule has 90 valence electrons. The van der Waals surface area contributed by atoms with Crippen molar-refractivity contribution in [2.45, 2.75) is 6.42 Å². The monoisotopic (exact) mass is 238 g/mol. The summed E-state index contributed by atoms with van der Waals surface area (Å²) < 4.78 is 0. The fourth-order valence-corrected chi connectivity index (χ4v) is 2.10. The fourth-order valence-electron chi connectivity index (χ4n) is 2.10. The van der Waals surface area contributed by atoms with Gasteiger partial charge in [-0.05, 0) is 24.6 Å². The Balaban J connectivity index is 2.06. The van der Waals surface area contributed by atoms with E-state index in [1.165, 1.54) is 5.56 Å². The number of rotatable bonds is 3. The third-order valence-corrected chi connectivity index (χ3v) is 3.01. The Kier molecular flexibility index (Phi) is 2.78. The van der Waals surface area contributed by atoms with Crippen molar-refractivity contribution in [3.63, 3.8) is 0 Å². The van der Waals surface area contributed by atoms with Gasteiger partial charge in [0.2, 0.25) is 0 Å². The quantitative estimate of drug-likeness (QED) is 0.734. The molecule has 0 saturated carbocycles. The van der Waals surface area contributed by atoms with Crippen molar-refractivity contribution in [1.82, 2.24) is 15.0 Å². The topological polar surface area (TPSA) is 67.6 Å². The Morgan fingerprint density at radius 2 is 1.89 bits per heavy atom. The van der Waals surface area contributed by atoms with E-state index in [0.717, 1.165) is 28.7 Å². The minimum atomic E-state index is 0.676. The van der Waals surface area contributed by atoms with Crippen LogP contribution in [0.4, 0.5) is 0 Å². The summed E-state index contributed by atoms with van der Waals surface area (Å²) in [5, 5.41) is 1.05. The van der Waals surface area contributed by atoms with Gasteiger partial charge in [-0.15, -0.1) is 0 Å². The highest BCUT2D eigenvalue weighted by atomic mass is 14.9. The largest absolute Gasteiger partial charge is 0.346 e. The highest BCUT2D eigenvalue weighted by Gasteiger charge is 2.06. The van der Waals surface area contributed by atoms with E-state index in [1.807, 2.05) is 12.3 Å². The van der Waals surface area contributed by atoms with E-state index in [0.29, 0.717) is 6.54 Å². The third kappa shape index (κ3) is 1.87. The summed E-state index contributed by atoms with van der Waals surface area (Å²) in [6.45, 7) is 0.676. The van der Waals surface area contributed by atoms with Gasteiger partial charge in [0.15, 0.2) is 0 Å². The van der Waals surface area contributed by atoms with E-state index in [4.69, 9.17) is 5.73 Å². The first kappa shape index (κ1) is 10.9. The number of aromatic amines is 1. The number of aromatic nitrogens is 3. The predicted molar refractivity (Wildman–Crippen MR) is 72.1 cm³/mol. The first-order valence-corrected chi connectivity index (χ1v) is 5.96. The first-order chi connectivity index (χ1) is 8.88. The summed E-state index contributed by atoms with van der Waals surface area (Å²) in [4.78, 5) is 11.7. The molecule has 0 radical (unpaired) electrons. The smallest absolute Gasteiger partial charge is 0.141 e. The maximum atomic E-state index is 5.55. The number of H-pyrrole nitrogens is 1.